The number of nitrogens with one attached hydrogen (secondary N) is 2. The van der Waals surface area contributed by atoms with E-state index >= 15 is 0 Å². The third-order valence-corrected chi connectivity index (χ3v) is 4.01. The van der Waals surface area contributed by atoms with Crippen LogP contribution in [-0.4, -0.2) is 68.4 Å². The Bertz CT molecular complexity index is 515. The van der Waals surface area contributed by atoms with Gasteiger partial charge in [-0.2, -0.15) is 0 Å². The molecule has 8 heteroatoms. The number of hydrogen-bond donors (Lipinski definition) is 2. The van der Waals surface area contributed by atoms with E-state index in [-0.39, 0.29) is 24.0 Å². The molecule has 0 saturated carbocycles. The third kappa shape index (κ3) is 10.7. The molecule has 0 fully saturated rings. The second-order valence-corrected chi connectivity index (χ2v) is 6.62. The summed E-state index contributed by atoms with van der Waals surface area (Å²) in [5, 5.41) is 6.67. The molecular formula is C19H36IN5O2. The van der Waals surface area contributed by atoms with Gasteiger partial charge in [0, 0.05) is 58.1 Å². The summed E-state index contributed by atoms with van der Waals surface area (Å²) < 4.78 is 10.4. The predicted molar refractivity (Wildman–Crippen MR) is 122 cm³/mol. The molecule has 1 rings (SSSR count). The molecule has 0 radical (unpaired) electrons. The first-order valence-corrected chi connectivity index (χ1v) is 9.24. The smallest absolute Gasteiger partial charge is 0.213 e. The lowest BCUT2D eigenvalue weighted by Crippen LogP contribution is -2.45. The lowest BCUT2D eigenvalue weighted by atomic mass is 10.2. The first-order valence-electron chi connectivity index (χ1n) is 9.24. The summed E-state index contributed by atoms with van der Waals surface area (Å²) in [6.07, 6.45) is 1.81. The molecule has 0 bridgehead atoms. The SMILES string of the molecule is CN=C(NCCN(C(C)C)C(C)C)NCc1ccc(OCCOC)nc1.I. The summed E-state index contributed by atoms with van der Waals surface area (Å²) in [5.74, 6) is 1.40. The molecule has 0 aliphatic rings. The van der Waals surface area contributed by atoms with Crippen molar-refractivity contribution in [3.63, 3.8) is 0 Å². The molecule has 1 aromatic rings. The van der Waals surface area contributed by atoms with E-state index in [1.807, 2.05) is 18.3 Å². The highest BCUT2D eigenvalue weighted by atomic mass is 127. The van der Waals surface area contributed by atoms with E-state index in [9.17, 15) is 0 Å². The van der Waals surface area contributed by atoms with Crippen LogP contribution in [0.1, 0.15) is 33.3 Å². The summed E-state index contributed by atoms with van der Waals surface area (Å²) in [5.41, 5.74) is 1.07. The summed E-state index contributed by atoms with van der Waals surface area (Å²) in [6, 6.07) is 4.92. The van der Waals surface area contributed by atoms with Crippen molar-refractivity contribution >= 4 is 29.9 Å². The van der Waals surface area contributed by atoms with Crippen molar-refractivity contribution < 1.29 is 9.47 Å². The topological polar surface area (TPSA) is 71.0 Å². The van der Waals surface area contributed by atoms with Gasteiger partial charge in [0.25, 0.3) is 0 Å². The zero-order valence-corrected chi connectivity index (χ0v) is 19.8. The number of rotatable bonds is 11. The van der Waals surface area contributed by atoms with Gasteiger partial charge in [0.05, 0.1) is 6.61 Å². The van der Waals surface area contributed by atoms with Crippen molar-refractivity contribution in [3.8, 4) is 5.88 Å². The maximum absolute atomic E-state index is 5.46. The summed E-state index contributed by atoms with van der Waals surface area (Å²) >= 11 is 0. The Labute approximate surface area is 181 Å². The van der Waals surface area contributed by atoms with Gasteiger partial charge >= 0.3 is 0 Å². The molecule has 2 N–H and O–H groups in total. The summed E-state index contributed by atoms with van der Waals surface area (Å²) in [7, 11) is 3.43. The minimum absolute atomic E-state index is 0. The number of nitrogens with zero attached hydrogens (tertiary/aromatic N) is 3. The lowest BCUT2D eigenvalue weighted by Gasteiger charge is -2.30. The molecule has 0 unspecified atom stereocenters. The molecule has 0 amide bonds. The lowest BCUT2D eigenvalue weighted by molar-refractivity contribution is 0.143. The van der Waals surface area contributed by atoms with Crippen LogP contribution in [0.4, 0.5) is 0 Å². The number of aliphatic imine (C=N–C) groups is 1. The largest absolute Gasteiger partial charge is 0.475 e. The molecule has 156 valence electrons. The zero-order chi connectivity index (χ0) is 19.4. The van der Waals surface area contributed by atoms with Gasteiger partial charge in [-0.25, -0.2) is 4.98 Å². The second-order valence-electron chi connectivity index (χ2n) is 6.62. The Hall–Kier alpha value is -1.13. The van der Waals surface area contributed by atoms with E-state index in [2.05, 4.69) is 53.2 Å². The van der Waals surface area contributed by atoms with E-state index < -0.39 is 0 Å². The summed E-state index contributed by atoms with van der Waals surface area (Å²) in [4.78, 5) is 11.0. The van der Waals surface area contributed by atoms with Crippen LogP contribution < -0.4 is 15.4 Å². The van der Waals surface area contributed by atoms with Crippen molar-refractivity contribution in [3.05, 3.63) is 23.9 Å². The number of ether oxygens (including phenoxy) is 2. The van der Waals surface area contributed by atoms with Crippen LogP contribution in [0, 0.1) is 0 Å². The standard InChI is InChI=1S/C19H35N5O2.HI/c1-15(2)24(16(3)4)10-9-21-19(20-5)23-14-17-7-8-18(22-13-17)26-12-11-25-6;/h7-8,13,15-16H,9-12,14H2,1-6H3,(H2,20,21,23);1H. The average molecular weight is 493 g/mol. The normalized spacial score (nSPS) is 11.7. The highest BCUT2D eigenvalue weighted by Crippen LogP contribution is 2.07. The minimum Gasteiger partial charge on any atom is -0.475 e. The molecule has 0 spiro atoms. The minimum atomic E-state index is 0. The molecule has 0 atom stereocenters. The Balaban J connectivity index is 0.00000676. The Morgan fingerprint density at radius 3 is 2.37 bits per heavy atom. The van der Waals surface area contributed by atoms with Crippen LogP contribution in [0.2, 0.25) is 0 Å². The fourth-order valence-corrected chi connectivity index (χ4v) is 2.65. The van der Waals surface area contributed by atoms with Crippen LogP contribution in [0.3, 0.4) is 0 Å². The molecule has 0 saturated heterocycles. The Kier molecular flexibility index (Phi) is 14.2. The van der Waals surface area contributed by atoms with Gasteiger partial charge in [-0.15, -0.1) is 24.0 Å². The van der Waals surface area contributed by atoms with Crippen molar-refractivity contribution in [1.82, 2.24) is 20.5 Å². The highest BCUT2D eigenvalue weighted by molar-refractivity contribution is 14.0. The number of hydrogen-bond acceptors (Lipinski definition) is 5. The van der Waals surface area contributed by atoms with Gasteiger partial charge in [-0.05, 0) is 33.3 Å². The number of halogens is 1. The highest BCUT2D eigenvalue weighted by Gasteiger charge is 2.12. The molecule has 7 nitrogen and oxygen atoms in total. The fraction of sp³-hybridized carbons (Fsp3) is 0.684. The van der Waals surface area contributed by atoms with E-state index in [0.717, 1.165) is 24.6 Å². The van der Waals surface area contributed by atoms with Gasteiger partial charge in [-0.1, -0.05) is 6.07 Å². The van der Waals surface area contributed by atoms with Gasteiger partial charge < -0.3 is 20.1 Å². The first-order chi connectivity index (χ1) is 12.5. The number of guanidine groups is 1. The first kappa shape index (κ1) is 25.9. The predicted octanol–water partition coefficient (Wildman–Crippen LogP) is 2.51. The summed E-state index contributed by atoms with van der Waals surface area (Å²) in [6.45, 7) is 12.4. The van der Waals surface area contributed by atoms with Gasteiger partial charge in [-0.3, -0.25) is 9.89 Å². The molecule has 0 aromatic carbocycles. The number of pyridine rings is 1. The van der Waals surface area contributed by atoms with Crippen molar-refractivity contribution in [2.24, 2.45) is 4.99 Å². The maximum Gasteiger partial charge on any atom is 0.213 e. The number of aromatic nitrogens is 1. The Morgan fingerprint density at radius 2 is 1.85 bits per heavy atom. The monoisotopic (exact) mass is 493 g/mol. The van der Waals surface area contributed by atoms with E-state index in [1.54, 1.807) is 14.2 Å². The van der Waals surface area contributed by atoms with E-state index in [0.29, 0.717) is 37.7 Å². The molecule has 27 heavy (non-hydrogen) atoms. The zero-order valence-electron chi connectivity index (χ0n) is 17.5. The third-order valence-electron chi connectivity index (χ3n) is 4.01. The van der Waals surface area contributed by atoms with Crippen LogP contribution in [0.5, 0.6) is 5.88 Å². The molecule has 0 aliphatic heterocycles. The Morgan fingerprint density at radius 1 is 1.15 bits per heavy atom. The van der Waals surface area contributed by atoms with Crippen molar-refractivity contribution in [1.29, 1.82) is 0 Å². The fourth-order valence-electron chi connectivity index (χ4n) is 2.65. The number of methoxy groups -OCH3 is 1. The quantitative estimate of drug-likeness (QED) is 0.214. The van der Waals surface area contributed by atoms with E-state index in [1.165, 1.54) is 0 Å². The van der Waals surface area contributed by atoms with Crippen LogP contribution in [-0.2, 0) is 11.3 Å². The van der Waals surface area contributed by atoms with Gasteiger partial charge in [0.15, 0.2) is 5.96 Å². The average Bonchev–Trinajstić information content (AvgIpc) is 2.61. The molecule has 1 heterocycles. The van der Waals surface area contributed by atoms with E-state index in [4.69, 9.17) is 9.47 Å². The second kappa shape index (κ2) is 14.9. The van der Waals surface area contributed by atoms with Crippen molar-refractivity contribution in [2.75, 3.05) is 40.5 Å². The molecule has 0 aliphatic carbocycles. The molecular weight excluding hydrogens is 457 g/mol. The van der Waals surface area contributed by atoms with Gasteiger partial charge in [0.1, 0.15) is 6.61 Å². The molecule has 1 aromatic heterocycles. The van der Waals surface area contributed by atoms with Crippen molar-refractivity contribution in [2.45, 2.75) is 46.3 Å². The van der Waals surface area contributed by atoms with Crippen LogP contribution in [0.25, 0.3) is 0 Å². The maximum atomic E-state index is 5.46. The van der Waals surface area contributed by atoms with Gasteiger partial charge in [0.2, 0.25) is 5.88 Å². The van der Waals surface area contributed by atoms with Crippen LogP contribution >= 0.6 is 24.0 Å². The van der Waals surface area contributed by atoms with Crippen LogP contribution in [0.15, 0.2) is 23.3 Å².